The van der Waals surface area contributed by atoms with E-state index in [1.54, 1.807) is 26.4 Å². The molecule has 1 aromatic rings. The zero-order valence-electron chi connectivity index (χ0n) is 10.8. The number of ether oxygens (including phenoxy) is 2. The quantitative estimate of drug-likeness (QED) is 0.835. The van der Waals surface area contributed by atoms with Gasteiger partial charge >= 0.3 is 0 Å². The Bertz CT molecular complexity index is 395. The van der Waals surface area contributed by atoms with E-state index in [1.807, 2.05) is 6.92 Å². The zero-order chi connectivity index (χ0) is 13.7. The van der Waals surface area contributed by atoms with Crippen LogP contribution >= 0.6 is 11.6 Å². The molecule has 0 aromatic heterocycles. The van der Waals surface area contributed by atoms with Gasteiger partial charge in [-0.15, -0.1) is 0 Å². The summed E-state index contributed by atoms with van der Waals surface area (Å²) in [5, 5.41) is 18.9. The van der Waals surface area contributed by atoms with Crippen LogP contribution < -0.4 is 9.47 Å². The lowest BCUT2D eigenvalue weighted by atomic mass is 9.94. The molecule has 4 nitrogen and oxygen atoms in total. The van der Waals surface area contributed by atoms with Crippen molar-refractivity contribution in [3.8, 4) is 11.5 Å². The van der Waals surface area contributed by atoms with E-state index in [0.717, 1.165) is 5.56 Å². The number of hydrogen-bond acceptors (Lipinski definition) is 4. The largest absolute Gasteiger partial charge is 0.493 e. The lowest BCUT2D eigenvalue weighted by Crippen LogP contribution is -2.15. The standard InChI is InChI=1S/C13H19ClO4/c1-8(4-9(16)7-15)10-5-12(17-2)13(18-3)6-11(10)14/h5-6,8-9,15-16H,4,7H2,1-3H3. The summed E-state index contributed by atoms with van der Waals surface area (Å²) in [7, 11) is 3.11. The fourth-order valence-corrected chi connectivity index (χ4v) is 2.20. The molecule has 0 saturated heterocycles. The van der Waals surface area contributed by atoms with Gasteiger partial charge in [-0.25, -0.2) is 0 Å². The van der Waals surface area contributed by atoms with Gasteiger partial charge in [0.25, 0.3) is 0 Å². The van der Waals surface area contributed by atoms with E-state index in [0.29, 0.717) is 22.9 Å². The third-order valence-electron chi connectivity index (χ3n) is 2.87. The average molecular weight is 275 g/mol. The summed E-state index contributed by atoms with van der Waals surface area (Å²) in [5.74, 6) is 1.18. The summed E-state index contributed by atoms with van der Waals surface area (Å²) in [5.41, 5.74) is 0.863. The maximum Gasteiger partial charge on any atom is 0.162 e. The Kier molecular flexibility index (Phi) is 5.72. The van der Waals surface area contributed by atoms with Crippen molar-refractivity contribution in [3.63, 3.8) is 0 Å². The van der Waals surface area contributed by atoms with Crippen LogP contribution in [-0.2, 0) is 0 Å². The molecular weight excluding hydrogens is 256 g/mol. The van der Waals surface area contributed by atoms with Crippen LogP contribution in [0.3, 0.4) is 0 Å². The van der Waals surface area contributed by atoms with E-state index < -0.39 is 6.10 Å². The Labute approximate surface area is 112 Å². The second kappa shape index (κ2) is 6.83. The van der Waals surface area contributed by atoms with Crippen LogP contribution in [0.2, 0.25) is 5.02 Å². The summed E-state index contributed by atoms with van der Waals surface area (Å²) in [4.78, 5) is 0. The maximum absolute atomic E-state index is 9.46. The third-order valence-corrected chi connectivity index (χ3v) is 3.20. The Morgan fingerprint density at radius 2 is 1.78 bits per heavy atom. The van der Waals surface area contributed by atoms with E-state index in [-0.39, 0.29) is 12.5 Å². The van der Waals surface area contributed by atoms with Crippen LogP contribution in [0.1, 0.15) is 24.8 Å². The van der Waals surface area contributed by atoms with Crippen LogP contribution in [0.5, 0.6) is 11.5 Å². The van der Waals surface area contributed by atoms with E-state index in [4.69, 9.17) is 26.2 Å². The highest BCUT2D eigenvalue weighted by molar-refractivity contribution is 6.31. The maximum atomic E-state index is 9.46. The minimum Gasteiger partial charge on any atom is -0.493 e. The number of aliphatic hydroxyl groups is 2. The smallest absolute Gasteiger partial charge is 0.162 e. The molecule has 0 amide bonds. The van der Waals surface area contributed by atoms with Gasteiger partial charge in [-0.2, -0.15) is 0 Å². The number of rotatable bonds is 6. The lowest BCUT2D eigenvalue weighted by Gasteiger charge is -2.18. The van der Waals surface area contributed by atoms with Crippen molar-refractivity contribution in [2.24, 2.45) is 0 Å². The first-order chi connectivity index (χ1) is 8.53. The van der Waals surface area contributed by atoms with Crippen molar-refractivity contribution in [2.75, 3.05) is 20.8 Å². The molecule has 0 aliphatic rings. The Morgan fingerprint density at radius 1 is 1.22 bits per heavy atom. The molecule has 1 rings (SSSR count). The van der Waals surface area contributed by atoms with Gasteiger partial charge in [0.2, 0.25) is 0 Å². The van der Waals surface area contributed by atoms with Gasteiger partial charge in [-0.05, 0) is 24.0 Å². The molecule has 0 radical (unpaired) electrons. The molecule has 0 saturated carbocycles. The summed E-state index contributed by atoms with van der Waals surface area (Å²) >= 11 is 6.18. The fourth-order valence-electron chi connectivity index (χ4n) is 1.86. The zero-order valence-corrected chi connectivity index (χ0v) is 11.6. The Morgan fingerprint density at radius 3 is 2.28 bits per heavy atom. The monoisotopic (exact) mass is 274 g/mol. The van der Waals surface area contributed by atoms with Crippen molar-refractivity contribution < 1.29 is 19.7 Å². The lowest BCUT2D eigenvalue weighted by molar-refractivity contribution is 0.0835. The highest BCUT2D eigenvalue weighted by Crippen LogP contribution is 2.37. The van der Waals surface area contributed by atoms with Crippen molar-refractivity contribution in [1.29, 1.82) is 0 Å². The average Bonchev–Trinajstić information content (AvgIpc) is 2.37. The van der Waals surface area contributed by atoms with Gasteiger partial charge in [0.05, 0.1) is 26.9 Å². The third kappa shape index (κ3) is 3.51. The van der Waals surface area contributed by atoms with E-state index in [9.17, 15) is 5.11 Å². The minimum atomic E-state index is -0.746. The molecule has 18 heavy (non-hydrogen) atoms. The summed E-state index contributed by atoms with van der Waals surface area (Å²) in [6.07, 6.45) is -0.310. The van der Waals surface area contributed by atoms with Crippen LogP contribution in [-0.4, -0.2) is 37.1 Å². The van der Waals surface area contributed by atoms with Crippen LogP contribution in [0.25, 0.3) is 0 Å². The molecule has 102 valence electrons. The molecule has 0 aliphatic heterocycles. The van der Waals surface area contributed by atoms with E-state index >= 15 is 0 Å². The molecule has 0 aliphatic carbocycles. The highest BCUT2D eigenvalue weighted by atomic mass is 35.5. The number of benzene rings is 1. The molecule has 0 spiro atoms. The second-order valence-corrected chi connectivity index (χ2v) is 4.61. The predicted octanol–water partition coefficient (Wildman–Crippen LogP) is 2.20. The molecule has 2 N–H and O–H groups in total. The van der Waals surface area contributed by atoms with Crippen molar-refractivity contribution in [2.45, 2.75) is 25.4 Å². The predicted molar refractivity (Wildman–Crippen MR) is 70.7 cm³/mol. The summed E-state index contributed by atoms with van der Waals surface area (Å²) in [6.45, 7) is 1.68. The molecule has 2 unspecified atom stereocenters. The molecule has 5 heteroatoms. The van der Waals surface area contributed by atoms with Gasteiger partial charge < -0.3 is 19.7 Å². The first kappa shape index (κ1) is 15.1. The van der Waals surface area contributed by atoms with Crippen molar-refractivity contribution in [3.05, 3.63) is 22.7 Å². The Hall–Kier alpha value is -0.970. The number of methoxy groups -OCH3 is 2. The van der Waals surface area contributed by atoms with Gasteiger partial charge in [-0.3, -0.25) is 0 Å². The molecule has 0 bridgehead atoms. The van der Waals surface area contributed by atoms with Crippen molar-refractivity contribution in [1.82, 2.24) is 0 Å². The number of halogens is 1. The molecule has 1 aromatic carbocycles. The second-order valence-electron chi connectivity index (χ2n) is 4.20. The van der Waals surface area contributed by atoms with E-state index in [1.165, 1.54) is 0 Å². The summed E-state index contributed by atoms with van der Waals surface area (Å²) in [6, 6.07) is 3.49. The van der Waals surface area contributed by atoms with Crippen LogP contribution in [0, 0.1) is 0 Å². The Balaban J connectivity index is 3.01. The first-order valence-corrected chi connectivity index (χ1v) is 6.11. The van der Waals surface area contributed by atoms with Crippen LogP contribution in [0.15, 0.2) is 12.1 Å². The SMILES string of the molecule is COc1cc(Cl)c(C(C)CC(O)CO)cc1OC. The molecule has 0 heterocycles. The normalized spacial score (nSPS) is 14.1. The fraction of sp³-hybridized carbons (Fsp3) is 0.538. The number of hydrogen-bond donors (Lipinski definition) is 2. The molecular formula is C13H19ClO4. The summed E-state index contributed by atoms with van der Waals surface area (Å²) < 4.78 is 10.4. The van der Waals surface area contributed by atoms with E-state index in [2.05, 4.69) is 0 Å². The van der Waals surface area contributed by atoms with Crippen molar-refractivity contribution >= 4 is 11.6 Å². The minimum absolute atomic E-state index is 0.0134. The van der Waals surface area contributed by atoms with Gasteiger partial charge in [0.15, 0.2) is 11.5 Å². The topological polar surface area (TPSA) is 58.9 Å². The van der Waals surface area contributed by atoms with Crippen LogP contribution in [0.4, 0.5) is 0 Å². The van der Waals surface area contributed by atoms with Gasteiger partial charge in [0.1, 0.15) is 0 Å². The van der Waals surface area contributed by atoms with Gasteiger partial charge in [0, 0.05) is 11.1 Å². The molecule has 2 atom stereocenters. The number of aliphatic hydroxyl groups excluding tert-OH is 2. The molecule has 0 fully saturated rings. The highest BCUT2D eigenvalue weighted by Gasteiger charge is 2.17. The first-order valence-electron chi connectivity index (χ1n) is 5.73. The van der Waals surface area contributed by atoms with Gasteiger partial charge in [-0.1, -0.05) is 18.5 Å².